The van der Waals surface area contributed by atoms with Crippen LogP contribution in [0.15, 0.2) is 45.9 Å². The second kappa shape index (κ2) is 7.08. The van der Waals surface area contributed by atoms with E-state index in [0.29, 0.717) is 16.1 Å². The van der Waals surface area contributed by atoms with Crippen LogP contribution in [0.5, 0.6) is 11.6 Å². The summed E-state index contributed by atoms with van der Waals surface area (Å²) in [5.41, 5.74) is 0.733. The number of methoxy groups -OCH3 is 2. The molecule has 118 valence electrons. The van der Waals surface area contributed by atoms with Crippen LogP contribution in [0, 0.1) is 0 Å². The van der Waals surface area contributed by atoms with E-state index in [1.165, 1.54) is 26.4 Å². The van der Waals surface area contributed by atoms with Gasteiger partial charge < -0.3 is 9.47 Å². The van der Waals surface area contributed by atoms with Crippen LogP contribution in [-0.2, 0) is 16.6 Å². The molecule has 0 aliphatic carbocycles. The van der Waals surface area contributed by atoms with Crippen molar-refractivity contribution in [2.45, 2.75) is 11.4 Å². The summed E-state index contributed by atoms with van der Waals surface area (Å²) in [6.07, 6.45) is 1.56. The molecule has 0 atom stereocenters. The molecule has 1 N–H and O–H groups in total. The predicted octanol–water partition coefficient (Wildman–Crippen LogP) is 2.34. The van der Waals surface area contributed by atoms with Gasteiger partial charge in [-0.3, -0.25) is 0 Å². The molecule has 0 aliphatic rings. The molecule has 0 amide bonds. The van der Waals surface area contributed by atoms with Crippen LogP contribution in [0.1, 0.15) is 5.56 Å². The maximum atomic E-state index is 12.3. The van der Waals surface area contributed by atoms with Gasteiger partial charge in [-0.2, -0.15) is 0 Å². The lowest BCUT2D eigenvalue weighted by Gasteiger charge is -2.09. The number of ether oxygens (including phenoxy) is 2. The maximum absolute atomic E-state index is 12.3. The van der Waals surface area contributed by atoms with Crippen LogP contribution in [-0.4, -0.2) is 27.6 Å². The number of aromatic nitrogens is 1. The van der Waals surface area contributed by atoms with E-state index in [-0.39, 0.29) is 11.4 Å². The van der Waals surface area contributed by atoms with Crippen LogP contribution < -0.4 is 14.2 Å². The topological polar surface area (TPSA) is 77.5 Å². The summed E-state index contributed by atoms with van der Waals surface area (Å²) in [6.45, 7) is 0.142. The third-order valence-electron chi connectivity index (χ3n) is 2.91. The van der Waals surface area contributed by atoms with Crippen molar-refractivity contribution in [2.24, 2.45) is 0 Å². The number of rotatable bonds is 6. The van der Waals surface area contributed by atoms with Crippen LogP contribution >= 0.6 is 15.9 Å². The van der Waals surface area contributed by atoms with Crippen LogP contribution in [0.2, 0.25) is 0 Å². The number of benzene rings is 1. The van der Waals surface area contributed by atoms with Crippen molar-refractivity contribution in [3.63, 3.8) is 0 Å². The van der Waals surface area contributed by atoms with Gasteiger partial charge in [-0.05, 0) is 39.7 Å². The van der Waals surface area contributed by atoms with Crippen molar-refractivity contribution in [3.05, 3.63) is 46.6 Å². The Hall–Kier alpha value is -1.64. The van der Waals surface area contributed by atoms with Gasteiger partial charge in [-0.25, -0.2) is 18.1 Å². The molecule has 0 fully saturated rings. The van der Waals surface area contributed by atoms with E-state index >= 15 is 0 Å². The molecular formula is C14H15BrN2O4S. The summed E-state index contributed by atoms with van der Waals surface area (Å²) >= 11 is 3.27. The second-order valence-electron chi connectivity index (χ2n) is 4.33. The Morgan fingerprint density at radius 2 is 1.95 bits per heavy atom. The third kappa shape index (κ3) is 3.96. The summed E-state index contributed by atoms with van der Waals surface area (Å²) in [6, 6.07) is 7.99. The molecule has 2 rings (SSSR count). The van der Waals surface area contributed by atoms with Gasteiger partial charge in [0, 0.05) is 18.8 Å². The highest BCUT2D eigenvalue weighted by Crippen LogP contribution is 2.27. The Morgan fingerprint density at radius 3 is 2.50 bits per heavy atom. The SMILES string of the molecule is COc1ccc(CNS(=O)(=O)c2ccc(OC)c(Br)c2)cn1. The van der Waals surface area contributed by atoms with Crippen molar-refractivity contribution in [1.29, 1.82) is 0 Å². The van der Waals surface area contributed by atoms with E-state index in [2.05, 4.69) is 25.6 Å². The summed E-state index contributed by atoms with van der Waals surface area (Å²) in [4.78, 5) is 4.18. The van der Waals surface area contributed by atoms with Gasteiger partial charge in [0.05, 0.1) is 23.6 Å². The molecule has 1 aromatic heterocycles. The molecule has 6 nitrogen and oxygen atoms in total. The van der Waals surface area contributed by atoms with E-state index in [1.54, 1.807) is 24.4 Å². The fourth-order valence-electron chi connectivity index (χ4n) is 1.71. The molecule has 0 aliphatic heterocycles. The lowest BCUT2D eigenvalue weighted by atomic mass is 10.3. The number of sulfonamides is 1. The summed E-state index contributed by atoms with van der Waals surface area (Å²) in [5.74, 6) is 1.05. The number of pyridine rings is 1. The first-order valence-corrected chi connectivity index (χ1v) is 8.56. The van der Waals surface area contributed by atoms with E-state index in [1.807, 2.05) is 0 Å². The number of nitrogens with zero attached hydrogens (tertiary/aromatic N) is 1. The smallest absolute Gasteiger partial charge is 0.240 e. The molecule has 8 heteroatoms. The molecule has 0 spiro atoms. The highest BCUT2D eigenvalue weighted by molar-refractivity contribution is 9.10. The molecule has 0 saturated carbocycles. The van der Waals surface area contributed by atoms with E-state index < -0.39 is 10.0 Å². The Balaban J connectivity index is 2.11. The Labute approximate surface area is 137 Å². The fraction of sp³-hybridized carbons (Fsp3) is 0.214. The van der Waals surface area contributed by atoms with E-state index in [0.717, 1.165) is 5.56 Å². The zero-order valence-electron chi connectivity index (χ0n) is 12.0. The Kier molecular flexibility index (Phi) is 5.38. The van der Waals surface area contributed by atoms with Crippen LogP contribution in [0.25, 0.3) is 0 Å². The minimum atomic E-state index is -3.62. The zero-order valence-corrected chi connectivity index (χ0v) is 14.4. The molecule has 22 heavy (non-hydrogen) atoms. The standard InChI is InChI=1S/C14H15BrN2O4S/c1-20-13-5-4-11(7-12(13)15)22(18,19)17-9-10-3-6-14(21-2)16-8-10/h3-8,17H,9H2,1-2H3. The zero-order chi connectivity index (χ0) is 16.2. The number of nitrogens with one attached hydrogen (secondary N) is 1. The normalized spacial score (nSPS) is 11.2. The molecule has 0 unspecified atom stereocenters. The molecule has 0 bridgehead atoms. The first kappa shape index (κ1) is 16.7. The van der Waals surface area contributed by atoms with Crippen molar-refractivity contribution in [2.75, 3.05) is 14.2 Å². The largest absolute Gasteiger partial charge is 0.496 e. The van der Waals surface area contributed by atoms with Gasteiger partial charge in [-0.15, -0.1) is 0 Å². The van der Waals surface area contributed by atoms with Crippen molar-refractivity contribution in [3.8, 4) is 11.6 Å². The molecular weight excluding hydrogens is 372 g/mol. The quantitative estimate of drug-likeness (QED) is 0.824. The predicted molar refractivity (Wildman–Crippen MR) is 85.5 cm³/mol. The minimum absolute atomic E-state index is 0.142. The second-order valence-corrected chi connectivity index (χ2v) is 6.95. The van der Waals surface area contributed by atoms with Crippen LogP contribution in [0.4, 0.5) is 0 Å². The molecule has 1 aromatic carbocycles. The van der Waals surface area contributed by atoms with Gasteiger partial charge in [-0.1, -0.05) is 6.07 Å². The van der Waals surface area contributed by atoms with Crippen molar-refractivity contribution in [1.82, 2.24) is 9.71 Å². The summed E-state index contributed by atoms with van der Waals surface area (Å²) < 4.78 is 37.7. The highest BCUT2D eigenvalue weighted by atomic mass is 79.9. The first-order chi connectivity index (χ1) is 10.5. The van der Waals surface area contributed by atoms with Gasteiger partial charge in [0.1, 0.15) is 5.75 Å². The summed E-state index contributed by atoms with van der Waals surface area (Å²) in [7, 11) is -0.579. The number of hydrogen-bond acceptors (Lipinski definition) is 5. The van der Waals surface area contributed by atoms with Crippen LogP contribution in [0.3, 0.4) is 0 Å². The Morgan fingerprint density at radius 1 is 1.18 bits per heavy atom. The van der Waals surface area contributed by atoms with Gasteiger partial charge in [0.2, 0.25) is 15.9 Å². The molecule has 2 aromatic rings. The number of hydrogen-bond donors (Lipinski definition) is 1. The van der Waals surface area contributed by atoms with Crippen molar-refractivity contribution < 1.29 is 17.9 Å². The average molecular weight is 387 g/mol. The molecule has 0 saturated heterocycles. The van der Waals surface area contributed by atoms with Gasteiger partial charge in [0.15, 0.2) is 0 Å². The molecule has 1 heterocycles. The maximum Gasteiger partial charge on any atom is 0.240 e. The monoisotopic (exact) mass is 386 g/mol. The van der Waals surface area contributed by atoms with E-state index in [4.69, 9.17) is 9.47 Å². The van der Waals surface area contributed by atoms with Gasteiger partial charge >= 0.3 is 0 Å². The lowest BCUT2D eigenvalue weighted by molar-refractivity contribution is 0.397. The average Bonchev–Trinajstić information content (AvgIpc) is 2.53. The minimum Gasteiger partial charge on any atom is -0.496 e. The van der Waals surface area contributed by atoms with Gasteiger partial charge in [0.25, 0.3) is 0 Å². The molecule has 0 radical (unpaired) electrons. The highest BCUT2D eigenvalue weighted by Gasteiger charge is 2.15. The number of halogens is 1. The lowest BCUT2D eigenvalue weighted by Crippen LogP contribution is -2.23. The first-order valence-electron chi connectivity index (χ1n) is 6.28. The summed E-state index contributed by atoms with van der Waals surface area (Å²) in [5, 5.41) is 0. The fourth-order valence-corrected chi connectivity index (χ4v) is 3.45. The van der Waals surface area contributed by atoms with E-state index in [9.17, 15) is 8.42 Å². The third-order valence-corrected chi connectivity index (χ3v) is 4.93. The van der Waals surface area contributed by atoms with Crippen molar-refractivity contribution >= 4 is 26.0 Å². The Bertz CT molecular complexity index is 748.